The van der Waals surface area contributed by atoms with Gasteiger partial charge in [-0.3, -0.25) is 9.59 Å². The molecule has 0 saturated heterocycles. The maximum atomic E-state index is 11.8. The van der Waals surface area contributed by atoms with Crippen LogP contribution in [0, 0.1) is 0 Å². The summed E-state index contributed by atoms with van der Waals surface area (Å²) in [6.07, 6.45) is 3.92. The Labute approximate surface area is 144 Å². The monoisotopic (exact) mass is 338 g/mol. The van der Waals surface area contributed by atoms with Gasteiger partial charge in [0.1, 0.15) is 5.82 Å². The molecular weight excluding hydrogens is 320 g/mol. The molecule has 2 heterocycles. The van der Waals surface area contributed by atoms with E-state index in [0.717, 1.165) is 29.8 Å². The van der Waals surface area contributed by atoms with Crippen LogP contribution in [0.1, 0.15) is 28.8 Å². The second kappa shape index (κ2) is 5.73. The van der Waals surface area contributed by atoms with Gasteiger partial charge in [-0.05, 0) is 36.6 Å². The van der Waals surface area contributed by atoms with Crippen molar-refractivity contribution in [3.63, 3.8) is 0 Å². The number of rotatable bonds is 5. The number of hydrogen-bond acceptors (Lipinski definition) is 6. The van der Waals surface area contributed by atoms with Gasteiger partial charge >= 0.3 is 0 Å². The van der Waals surface area contributed by atoms with Crippen molar-refractivity contribution in [3.05, 3.63) is 35.5 Å². The second-order valence-electron chi connectivity index (χ2n) is 6.34. The van der Waals surface area contributed by atoms with Crippen LogP contribution in [-0.4, -0.2) is 34.9 Å². The molecule has 8 heteroatoms. The zero-order valence-corrected chi connectivity index (χ0v) is 13.7. The maximum Gasteiger partial charge on any atom is 0.254 e. The molecule has 0 spiro atoms. The van der Waals surface area contributed by atoms with Gasteiger partial charge in [-0.1, -0.05) is 0 Å². The van der Waals surface area contributed by atoms with Crippen LogP contribution in [0.15, 0.2) is 24.4 Å². The normalized spacial score (nSPS) is 15.9. The van der Waals surface area contributed by atoms with Crippen molar-refractivity contribution in [2.24, 2.45) is 5.73 Å². The quantitative estimate of drug-likeness (QED) is 0.760. The summed E-state index contributed by atoms with van der Waals surface area (Å²) in [6, 6.07) is 6.01. The fourth-order valence-electron chi connectivity index (χ4n) is 2.83. The predicted octanol–water partition coefficient (Wildman–Crippen LogP) is 1.41. The second-order valence-corrected chi connectivity index (χ2v) is 6.34. The van der Waals surface area contributed by atoms with Gasteiger partial charge in [0.2, 0.25) is 11.9 Å². The number of hydrogen-bond donors (Lipinski definition) is 3. The van der Waals surface area contributed by atoms with E-state index in [1.165, 1.54) is 6.20 Å². The van der Waals surface area contributed by atoms with Gasteiger partial charge in [0.05, 0.1) is 12.0 Å². The van der Waals surface area contributed by atoms with Crippen molar-refractivity contribution in [2.45, 2.75) is 25.3 Å². The highest BCUT2D eigenvalue weighted by molar-refractivity contribution is 6.01. The first-order valence-corrected chi connectivity index (χ1v) is 8.11. The zero-order valence-electron chi connectivity index (χ0n) is 13.7. The maximum absolute atomic E-state index is 11.8. The lowest BCUT2D eigenvalue weighted by Crippen LogP contribution is -2.20. The number of likely N-dealkylation sites (N-methyl/N-ethyl adjacent to an activating group) is 1. The van der Waals surface area contributed by atoms with E-state index in [1.54, 1.807) is 11.9 Å². The first kappa shape index (κ1) is 15.4. The van der Waals surface area contributed by atoms with E-state index in [2.05, 4.69) is 20.6 Å². The van der Waals surface area contributed by atoms with Crippen molar-refractivity contribution in [1.82, 2.24) is 9.97 Å². The summed E-state index contributed by atoms with van der Waals surface area (Å²) >= 11 is 0. The topological polar surface area (TPSA) is 113 Å². The summed E-state index contributed by atoms with van der Waals surface area (Å²) in [5.74, 6) is 0.327. The highest BCUT2D eigenvalue weighted by Crippen LogP contribution is 2.31. The lowest BCUT2D eigenvalue weighted by molar-refractivity contribution is -0.117. The standard InChI is InChI=1S/C17H18N6O2/c1-23-13-5-4-11(6-9(13)7-14(23)24)21-17-19-8-12(15(18)25)16(22-17)20-10-2-3-10/h4-6,8,10H,2-3,7H2,1H3,(H2,18,25)(H2,19,20,21,22). The number of nitrogens with two attached hydrogens (primary N) is 1. The fraction of sp³-hybridized carbons (Fsp3) is 0.294. The molecule has 1 aromatic carbocycles. The number of primary amides is 1. The lowest BCUT2D eigenvalue weighted by Gasteiger charge is -2.12. The molecular formula is C17H18N6O2. The number of benzene rings is 1. The average Bonchev–Trinajstić information content (AvgIpc) is 3.33. The number of aromatic nitrogens is 2. The van der Waals surface area contributed by atoms with Gasteiger partial charge in [-0.2, -0.15) is 4.98 Å². The number of carbonyl (C=O) groups is 2. The number of amides is 2. The molecule has 2 aromatic rings. The molecule has 4 N–H and O–H groups in total. The Balaban J connectivity index is 1.59. The molecule has 1 aliphatic carbocycles. The lowest BCUT2D eigenvalue weighted by atomic mass is 10.1. The summed E-state index contributed by atoms with van der Waals surface area (Å²) in [7, 11) is 1.77. The van der Waals surface area contributed by atoms with Crippen LogP contribution in [0.5, 0.6) is 0 Å². The Kier molecular flexibility index (Phi) is 3.52. The van der Waals surface area contributed by atoms with Crippen molar-refractivity contribution < 1.29 is 9.59 Å². The predicted molar refractivity (Wildman–Crippen MR) is 94.0 cm³/mol. The first-order chi connectivity index (χ1) is 12.0. The van der Waals surface area contributed by atoms with E-state index in [-0.39, 0.29) is 11.5 Å². The van der Waals surface area contributed by atoms with E-state index in [9.17, 15) is 9.59 Å². The average molecular weight is 338 g/mol. The number of fused-ring (bicyclic) bond motifs is 1. The Morgan fingerprint density at radius 3 is 2.88 bits per heavy atom. The molecule has 25 heavy (non-hydrogen) atoms. The highest BCUT2D eigenvalue weighted by atomic mass is 16.2. The Hall–Kier alpha value is -3.16. The van der Waals surface area contributed by atoms with Crippen molar-refractivity contribution in [1.29, 1.82) is 0 Å². The van der Waals surface area contributed by atoms with Crippen LogP contribution < -0.4 is 21.3 Å². The molecule has 0 unspecified atom stereocenters. The SMILES string of the molecule is CN1C(=O)Cc2cc(Nc3ncc(C(N)=O)c(NC4CC4)n3)ccc21. The minimum Gasteiger partial charge on any atom is -0.367 e. The number of nitrogens with zero attached hydrogens (tertiary/aromatic N) is 3. The number of nitrogens with one attached hydrogen (secondary N) is 2. The number of carbonyl (C=O) groups excluding carboxylic acids is 2. The molecule has 1 fully saturated rings. The van der Waals surface area contributed by atoms with Crippen LogP contribution in [0.2, 0.25) is 0 Å². The van der Waals surface area contributed by atoms with Gasteiger partial charge in [0, 0.05) is 30.7 Å². The molecule has 8 nitrogen and oxygen atoms in total. The molecule has 128 valence electrons. The van der Waals surface area contributed by atoms with Crippen LogP contribution in [0.25, 0.3) is 0 Å². The molecule has 0 atom stereocenters. The van der Waals surface area contributed by atoms with Gasteiger partial charge in [0.15, 0.2) is 0 Å². The molecule has 2 aliphatic rings. The third-order valence-electron chi connectivity index (χ3n) is 4.39. The minimum absolute atomic E-state index is 0.0742. The van der Waals surface area contributed by atoms with Gasteiger partial charge in [-0.25, -0.2) is 4.98 Å². The molecule has 0 radical (unpaired) electrons. The molecule has 0 bridgehead atoms. The zero-order chi connectivity index (χ0) is 17.6. The van der Waals surface area contributed by atoms with E-state index < -0.39 is 5.91 Å². The Bertz CT molecular complexity index is 877. The van der Waals surface area contributed by atoms with E-state index >= 15 is 0 Å². The smallest absolute Gasteiger partial charge is 0.254 e. The highest BCUT2D eigenvalue weighted by Gasteiger charge is 2.25. The minimum atomic E-state index is -0.561. The number of anilines is 4. The van der Waals surface area contributed by atoms with Crippen molar-refractivity contribution in [3.8, 4) is 0 Å². The summed E-state index contributed by atoms with van der Waals surface area (Å²) < 4.78 is 0. The Morgan fingerprint density at radius 1 is 1.36 bits per heavy atom. The first-order valence-electron chi connectivity index (χ1n) is 8.11. The summed E-state index contributed by atoms with van der Waals surface area (Å²) in [4.78, 5) is 33.5. The van der Waals surface area contributed by atoms with E-state index in [0.29, 0.717) is 24.2 Å². The van der Waals surface area contributed by atoms with Crippen LogP contribution >= 0.6 is 0 Å². The summed E-state index contributed by atoms with van der Waals surface area (Å²) in [5.41, 5.74) is 8.32. The van der Waals surface area contributed by atoms with Gasteiger partial charge in [-0.15, -0.1) is 0 Å². The third-order valence-corrected chi connectivity index (χ3v) is 4.39. The van der Waals surface area contributed by atoms with Crippen molar-refractivity contribution >= 4 is 35.0 Å². The molecule has 1 aliphatic heterocycles. The van der Waals surface area contributed by atoms with E-state index in [4.69, 9.17) is 5.73 Å². The molecule has 4 rings (SSSR count). The van der Waals surface area contributed by atoms with Crippen molar-refractivity contribution in [2.75, 3.05) is 22.6 Å². The largest absolute Gasteiger partial charge is 0.367 e. The summed E-state index contributed by atoms with van der Waals surface area (Å²) in [6.45, 7) is 0. The molecule has 1 saturated carbocycles. The van der Waals surface area contributed by atoms with E-state index in [1.807, 2.05) is 18.2 Å². The Morgan fingerprint density at radius 2 is 2.16 bits per heavy atom. The van der Waals surface area contributed by atoms with Crippen LogP contribution in [-0.2, 0) is 11.2 Å². The third kappa shape index (κ3) is 2.98. The fourth-order valence-corrected chi connectivity index (χ4v) is 2.83. The molecule has 1 aromatic heterocycles. The molecule has 2 amide bonds. The summed E-state index contributed by atoms with van der Waals surface area (Å²) in [5, 5.41) is 6.32. The van der Waals surface area contributed by atoms with Crippen LogP contribution in [0.3, 0.4) is 0 Å². The van der Waals surface area contributed by atoms with Crippen LogP contribution in [0.4, 0.5) is 23.1 Å². The van der Waals surface area contributed by atoms with Gasteiger partial charge in [0.25, 0.3) is 5.91 Å². The van der Waals surface area contributed by atoms with Gasteiger partial charge < -0.3 is 21.3 Å².